The van der Waals surface area contributed by atoms with Crippen LogP contribution >= 0.6 is 0 Å². The fraction of sp³-hybridized carbons (Fsp3) is 0. The van der Waals surface area contributed by atoms with E-state index < -0.39 is 0 Å². The Bertz CT molecular complexity index is 2510. The van der Waals surface area contributed by atoms with Crippen LogP contribution in [0.3, 0.4) is 0 Å². The predicted molar refractivity (Wildman–Crippen MR) is 196 cm³/mol. The second-order valence-electron chi connectivity index (χ2n) is 11.8. The van der Waals surface area contributed by atoms with Gasteiger partial charge in [0, 0.05) is 29.2 Å². The zero-order chi connectivity index (χ0) is 31.2. The highest BCUT2D eigenvalue weighted by Gasteiger charge is 2.20. The molecule has 0 N–H and O–H groups in total. The van der Waals surface area contributed by atoms with Gasteiger partial charge in [0.2, 0.25) is 0 Å². The molecule has 9 rings (SSSR count). The summed E-state index contributed by atoms with van der Waals surface area (Å²) in [6.45, 7) is 0. The van der Waals surface area contributed by atoms with Gasteiger partial charge < -0.3 is 0 Å². The van der Waals surface area contributed by atoms with E-state index in [0.717, 1.165) is 39.2 Å². The highest BCUT2D eigenvalue weighted by molar-refractivity contribution is 6.22. The Balaban J connectivity index is 1.31. The lowest BCUT2D eigenvalue weighted by molar-refractivity contribution is 1.10. The van der Waals surface area contributed by atoms with E-state index in [9.17, 15) is 0 Å². The largest absolute Gasteiger partial charge is 0.292 e. The maximum absolute atomic E-state index is 5.17. The summed E-state index contributed by atoms with van der Waals surface area (Å²) in [4.78, 5) is 9.61. The van der Waals surface area contributed by atoms with Crippen molar-refractivity contribution in [2.45, 2.75) is 0 Å². The van der Waals surface area contributed by atoms with Gasteiger partial charge in [0.05, 0.1) is 11.0 Å². The molecule has 0 unspecified atom stereocenters. The number of hydrogen-bond acceptors (Lipinski definition) is 2. The van der Waals surface area contributed by atoms with Crippen molar-refractivity contribution in [3.8, 4) is 50.5 Å². The van der Waals surface area contributed by atoms with Crippen LogP contribution in [0.15, 0.2) is 176 Å². The van der Waals surface area contributed by atoms with E-state index in [1.54, 1.807) is 0 Å². The Kier molecular flexibility index (Phi) is 6.46. The first-order valence-electron chi connectivity index (χ1n) is 15.9. The average molecular weight is 600 g/mol. The number of hydrogen-bond donors (Lipinski definition) is 0. The van der Waals surface area contributed by atoms with E-state index in [-0.39, 0.29) is 0 Å². The van der Waals surface area contributed by atoms with Crippen molar-refractivity contribution < 1.29 is 0 Å². The third-order valence-electron chi connectivity index (χ3n) is 9.09. The molecule has 3 heteroatoms. The second kappa shape index (κ2) is 11.2. The number of aromatic nitrogens is 3. The van der Waals surface area contributed by atoms with Crippen LogP contribution in [-0.4, -0.2) is 14.5 Å². The van der Waals surface area contributed by atoms with Gasteiger partial charge in [-0.15, -0.1) is 0 Å². The normalized spacial score (nSPS) is 11.4. The Hall–Kier alpha value is -6.32. The minimum absolute atomic E-state index is 0.926. The third kappa shape index (κ3) is 4.52. The van der Waals surface area contributed by atoms with Crippen LogP contribution in [0, 0.1) is 0 Å². The Morgan fingerprint density at radius 3 is 1.74 bits per heavy atom. The monoisotopic (exact) mass is 599 g/mol. The molecule has 0 aliphatic rings. The Morgan fingerprint density at radius 2 is 1.02 bits per heavy atom. The molecule has 2 aromatic heterocycles. The molecule has 220 valence electrons. The molecule has 0 bridgehead atoms. The average Bonchev–Trinajstić information content (AvgIpc) is 3.54. The first-order valence-corrected chi connectivity index (χ1v) is 15.9. The highest BCUT2D eigenvalue weighted by atomic mass is 15.1. The van der Waals surface area contributed by atoms with Crippen LogP contribution in [0.1, 0.15) is 0 Å². The minimum atomic E-state index is 0.926. The summed E-state index contributed by atoms with van der Waals surface area (Å²) >= 11 is 0. The first-order chi connectivity index (χ1) is 23.3. The highest BCUT2D eigenvalue weighted by Crippen LogP contribution is 2.46. The molecule has 0 spiro atoms. The lowest BCUT2D eigenvalue weighted by atomic mass is 9.84. The van der Waals surface area contributed by atoms with E-state index >= 15 is 0 Å². The van der Waals surface area contributed by atoms with Crippen LogP contribution in [-0.2, 0) is 0 Å². The molecule has 0 amide bonds. The predicted octanol–water partition coefficient (Wildman–Crippen LogP) is 11.4. The van der Waals surface area contributed by atoms with Crippen molar-refractivity contribution >= 4 is 32.6 Å². The van der Waals surface area contributed by atoms with Crippen molar-refractivity contribution in [1.82, 2.24) is 14.5 Å². The molecule has 0 radical (unpaired) electrons. The number of para-hydroxylation sites is 3. The fourth-order valence-corrected chi connectivity index (χ4v) is 7.08. The van der Waals surface area contributed by atoms with Gasteiger partial charge in [-0.05, 0) is 85.8 Å². The maximum atomic E-state index is 5.17. The van der Waals surface area contributed by atoms with Crippen LogP contribution in [0.5, 0.6) is 0 Å². The van der Waals surface area contributed by atoms with Crippen molar-refractivity contribution in [1.29, 1.82) is 0 Å². The molecule has 47 heavy (non-hydrogen) atoms. The summed E-state index contributed by atoms with van der Waals surface area (Å²) in [5, 5.41) is 4.88. The molecule has 3 nitrogen and oxygen atoms in total. The molecular formula is C44H29N3. The van der Waals surface area contributed by atoms with E-state index in [4.69, 9.17) is 4.98 Å². The summed E-state index contributed by atoms with van der Waals surface area (Å²) in [5.41, 5.74) is 11.3. The molecule has 7 aromatic carbocycles. The fourth-order valence-electron chi connectivity index (χ4n) is 7.08. The summed E-state index contributed by atoms with van der Waals surface area (Å²) < 4.78 is 2.27. The molecule has 0 fully saturated rings. The molecule has 2 heterocycles. The van der Waals surface area contributed by atoms with Crippen LogP contribution in [0.2, 0.25) is 0 Å². The standard InChI is InChI=1S/C44H29N3/c1-2-17-33(18-3-1)47-41-26-11-10-25-40(41)46-44(47)31-15-12-14-30(28-31)42-36-21-6-8-23-38(36)43(39-24-9-7-22-37(39)42)35-20-5-4-19-34(35)32-16-13-27-45-29-32/h1-29H. The Morgan fingerprint density at radius 1 is 0.426 bits per heavy atom. The molecule has 0 atom stereocenters. The molecule has 0 aliphatic carbocycles. The zero-order valence-electron chi connectivity index (χ0n) is 25.6. The van der Waals surface area contributed by atoms with Crippen molar-refractivity contribution in [3.05, 3.63) is 176 Å². The first kappa shape index (κ1) is 27.0. The van der Waals surface area contributed by atoms with E-state index in [1.165, 1.54) is 43.8 Å². The lowest BCUT2D eigenvalue weighted by Crippen LogP contribution is -1.97. The van der Waals surface area contributed by atoms with Crippen molar-refractivity contribution in [2.75, 3.05) is 0 Å². The summed E-state index contributed by atoms with van der Waals surface area (Å²) in [6.07, 6.45) is 3.78. The number of nitrogens with zero attached hydrogens (tertiary/aromatic N) is 3. The van der Waals surface area contributed by atoms with Gasteiger partial charge in [-0.2, -0.15) is 0 Å². The van der Waals surface area contributed by atoms with E-state index in [0.29, 0.717) is 0 Å². The van der Waals surface area contributed by atoms with Crippen LogP contribution in [0.25, 0.3) is 83.0 Å². The quantitative estimate of drug-likeness (QED) is 0.184. The number of rotatable bonds is 5. The number of pyridine rings is 1. The zero-order valence-corrected chi connectivity index (χ0v) is 25.6. The van der Waals surface area contributed by atoms with Crippen molar-refractivity contribution in [2.24, 2.45) is 0 Å². The maximum Gasteiger partial charge on any atom is 0.145 e. The van der Waals surface area contributed by atoms with Gasteiger partial charge in [-0.3, -0.25) is 9.55 Å². The van der Waals surface area contributed by atoms with Crippen LogP contribution in [0.4, 0.5) is 0 Å². The smallest absolute Gasteiger partial charge is 0.145 e. The number of benzene rings is 7. The molecule has 9 aromatic rings. The third-order valence-corrected chi connectivity index (χ3v) is 9.09. The molecular weight excluding hydrogens is 571 g/mol. The SMILES string of the molecule is c1ccc(-n2c(-c3cccc(-c4c5ccccc5c(-c5ccccc5-c5cccnc5)c5ccccc45)c3)nc3ccccc32)cc1. The van der Waals surface area contributed by atoms with E-state index in [2.05, 4.69) is 167 Å². The topological polar surface area (TPSA) is 30.7 Å². The van der Waals surface area contributed by atoms with Gasteiger partial charge in [-0.25, -0.2) is 4.98 Å². The molecule has 0 saturated carbocycles. The summed E-state index contributed by atoms with van der Waals surface area (Å²) in [6, 6.07) is 58.2. The van der Waals surface area contributed by atoms with Gasteiger partial charge >= 0.3 is 0 Å². The summed E-state index contributed by atoms with van der Waals surface area (Å²) in [7, 11) is 0. The number of fused-ring (bicyclic) bond motifs is 3. The minimum Gasteiger partial charge on any atom is -0.292 e. The van der Waals surface area contributed by atoms with Gasteiger partial charge in [0.1, 0.15) is 5.82 Å². The Labute approximate surface area is 273 Å². The number of imidazole rings is 1. The van der Waals surface area contributed by atoms with Crippen LogP contribution < -0.4 is 0 Å². The van der Waals surface area contributed by atoms with Crippen molar-refractivity contribution in [3.63, 3.8) is 0 Å². The van der Waals surface area contributed by atoms with Gasteiger partial charge in [0.25, 0.3) is 0 Å². The lowest BCUT2D eigenvalue weighted by Gasteiger charge is -2.20. The summed E-state index contributed by atoms with van der Waals surface area (Å²) in [5.74, 6) is 0.926. The van der Waals surface area contributed by atoms with Gasteiger partial charge in [-0.1, -0.05) is 127 Å². The second-order valence-corrected chi connectivity index (χ2v) is 11.8. The van der Waals surface area contributed by atoms with Gasteiger partial charge in [0.15, 0.2) is 0 Å². The molecule has 0 aliphatic heterocycles. The molecule has 0 saturated heterocycles. The van der Waals surface area contributed by atoms with E-state index in [1.807, 2.05) is 18.5 Å².